The van der Waals surface area contributed by atoms with E-state index in [9.17, 15) is 19.5 Å². The minimum Gasteiger partial charge on any atom is -0.462 e. The number of rotatable bonds is 3. The molecule has 0 aromatic heterocycles. The van der Waals surface area contributed by atoms with Crippen molar-refractivity contribution in [2.75, 3.05) is 19.7 Å². The van der Waals surface area contributed by atoms with Crippen LogP contribution in [0.3, 0.4) is 0 Å². The zero-order chi connectivity index (χ0) is 21.6. The predicted molar refractivity (Wildman–Crippen MR) is 107 cm³/mol. The largest absolute Gasteiger partial charge is 0.462 e. The van der Waals surface area contributed by atoms with Crippen LogP contribution in [0.1, 0.15) is 33.6 Å². The van der Waals surface area contributed by atoms with Crippen molar-refractivity contribution in [2.24, 2.45) is 11.8 Å². The summed E-state index contributed by atoms with van der Waals surface area (Å²) in [5.74, 6) is -2.74. The van der Waals surface area contributed by atoms with Gasteiger partial charge in [-0.1, -0.05) is 24.3 Å². The van der Waals surface area contributed by atoms with Gasteiger partial charge in [-0.05, 0) is 33.6 Å². The van der Waals surface area contributed by atoms with Crippen LogP contribution in [0.15, 0.2) is 24.3 Å². The normalized spacial score (nSPS) is 39.6. The van der Waals surface area contributed by atoms with Gasteiger partial charge in [0.25, 0.3) is 0 Å². The summed E-state index contributed by atoms with van der Waals surface area (Å²) >= 11 is 0. The summed E-state index contributed by atoms with van der Waals surface area (Å²) in [7, 11) is 0. The first kappa shape index (κ1) is 21.1. The molecule has 0 aliphatic carbocycles. The second kappa shape index (κ2) is 7.81. The Kier molecular flexibility index (Phi) is 5.48. The molecule has 2 amide bonds. The quantitative estimate of drug-likeness (QED) is 0.534. The fourth-order valence-electron chi connectivity index (χ4n) is 5.28. The average molecular weight is 418 g/mol. The molecule has 164 valence electrons. The first-order chi connectivity index (χ1) is 14.3. The highest BCUT2D eigenvalue weighted by molar-refractivity contribution is 5.99. The third-order valence-electron chi connectivity index (χ3n) is 6.64. The second-order valence-electron chi connectivity index (χ2n) is 8.84. The van der Waals surface area contributed by atoms with E-state index in [4.69, 9.17) is 9.47 Å². The van der Waals surface area contributed by atoms with E-state index in [1.165, 1.54) is 4.90 Å². The van der Waals surface area contributed by atoms with Crippen LogP contribution in [-0.4, -0.2) is 82.3 Å². The molecule has 2 saturated heterocycles. The van der Waals surface area contributed by atoms with Crippen molar-refractivity contribution in [3.05, 3.63) is 24.3 Å². The molecule has 4 rings (SSSR count). The second-order valence-corrected chi connectivity index (χ2v) is 8.84. The number of aliphatic hydroxyl groups excluding tert-OH is 1. The molecule has 8 nitrogen and oxygen atoms in total. The Bertz CT molecular complexity index is 792. The molecule has 4 aliphatic rings. The molecule has 1 spiro atoms. The maximum atomic E-state index is 13.6. The van der Waals surface area contributed by atoms with Gasteiger partial charge in [0, 0.05) is 19.1 Å². The average Bonchev–Trinajstić information content (AvgIpc) is 3.07. The monoisotopic (exact) mass is 418 g/mol. The standard InChI is InChI=1S/C22H30N2O6/c1-13(2)23-10-6-9-22-17(19(26)24(11-12-25)18(22)20(23)27)16-15(30-22)8-5-4-7-14(3)29-21(16)28/h5-6,8-9,13-18,25H,4,7,10-12H2,1-3H3/b8-5-/t14?,15-,16?,17+,18-,22?/m1/s1. The molecule has 0 radical (unpaired) electrons. The summed E-state index contributed by atoms with van der Waals surface area (Å²) in [6.07, 6.45) is 7.97. The molecular formula is C22H30N2O6. The van der Waals surface area contributed by atoms with Crippen molar-refractivity contribution in [1.29, 1.82) is 0 Å². The molecule has 4 heterocycles. The van der Waals surface area contributed by atoms with Crippen molar-refractivity contribution in [2.45, 2.75) is 63.5 Å². The minimum atomic E-state index is -1.26. The Balaban J connectivity index is 1.83. The summed E-state index contributed by atoms with van der Waals surface area (Å²) in [4.78, 5) is 43.3. The summed E-state index contributed by atoms with van der Waals surface area (Å²) in [6.45, 7) is 5.81. The highest BCUT2D eigenvalue weighted by atomic mass is 16.6. The lowest BCUT2D eigenvalue weighted by atomic mass is 9.78. The van der Waals surface area contributed by atoms with Crippen molar-refractivity contribution in [3.63, 3.8) is 0 Å². The van der Waals surface area contributed by atoms with Gasteiger partial charge in [-0.3, -0.25) is 14.4 Å². The zero-order valence-corrected chi connectivity index (χ0v) is 17.7. The smallest absolute Gasteiger partial charge is 0.313 e. The van der Waals surface area contributed by atoms with E-state index in [0.29, 0.717) is 13.0 Å². The molecule has 0 saturated carbocycles. The van der Waals surface area contributed by atoms with Gasteiger partial charge in [0.05, 0.1) is 24.7 Å². The molecule has 6 atom stereocenters. The first-order valence-electron chi connectivity index (χ1n) is 10.8. The molecule has 3 unspecified atom stereocenters. The van der Waals surface area contributed by atoms with Crippen LogP contribution in [0.2, 0.25) is 0 Å². The van der Waals surface area contributed by atoms with E-state index < -0.39 is 35.6 Å². The van der Waals surface area contributed by atoms with Gasteiger partial charge in [0.1, 0.15) is 17.6 Å². The van der Waals surface area contributed by atoms with Gasteiger partial charge in [-0.25, -0.2) is 0 Å². The number of fused-ring (bicyclic) bond motifs is 2. The molecule has 0 aromatic carbocycles. The summed E-state index contributed by atoms with van der Waals surface area (Å²) in [6, 6.07) is -0.982. The van der Waals surface area contributed by atoms with E-state index >= 15 is 0 Å². The third-order valence-corrected chi connectivity index (χ3v) is 6.64. The van der Waals surface area contributed by atoms with E-state index in [1.807, 2.05) is 39.0 Å². The minimum absolute atomic E-state index is 0.00923. The van der Waals surface area contributed by atoms with Crippen LogP contribution in [0.4, 0.5) is 0 Å². The highest BCUT2D eigenvalue weighted by Crippen LogP contribution is 2.53. The molecule has 4 aliphatic heterocycles. The number of esters is 1. The lowest BCUT2D eigenvalue weighted by Gasteiger charge is -2.36. The number of aliphatic hydroxyl groups is 1. The van der Waals surface area contributed by atoms with E-state index in [2.05, 4.69) is 0 Å². The van der Waals surface area contributed by atoms with Crippen LogP contribution in [0.25, 0.3) is 0 Å². The number of β-amino-alcohol motifs (C(OH)–C–C–N with tert-alkyl or cyclic N) is 1. The Hall–Kier alpha value is -2.19. The number of allylic oxidation sites excluding steroid dienone is 1. The van der Waals surface area contributed by atoms with Gasteiger partial charge in [-0.2, -0.15) is 0 Å². The summed E-state index contributed by atoms with van der Waals surface area (Å²) < 4.78 is 12.1. The number of amides is 2. The number of hydrogen-bond donors (Lipinski definition) is 1. The third kappa shape index (κ3) is 3.08. The topological polar surface area (TPSA) is 96.4 Å². The van der Waals surface area contributed by atoms with Crippen molar-refractivity contribution < 1.29 is 29.0 Å². The van der Waals surface area contributed by atoms with Gasteiger partial charge in [0.2, 0.25) is 11.8 Å². The van der Waals surface area contributed by atoms with Crippen LogP contribution >= 0.6 is 0 Å². The fourth-order valence-corrected chi connectivity index (χ4v) is 5.28. The van der Waals surface area contributed by atoms with Crippen LogP contribution in [0.5, 0.6) is 0 Å². The lowest BCUT2D eigenvalue weighted by Crippen LogP contribution is -2.56. The van der Waals surface area contributed by atoms with E-state index in [1.54, 1.807) is 11.0 Å². The van der Waals surface area contributed by atoms with Gasteiger partial charge < -0.3 is 24.4 Å². The number of carbonyl (C=O) groups is 3. The summed E-state index contributed by atoms with van der Waals surface area (Å²) in [5.41, 5.74) is -1.26. The van der Waals surface area contributed by atoms with E-state index in [0.717, 1.165) is 6.42 Å². The van der Waals surface area contributed by atoms with Crippen LogP contribution in [0, 0.1) is 11.8 Å². The van der Waals surface area contributed by atoms with Crippen molar-refractivity contribution in [3.8, 4) is 0 Å². The fraction of sp³-hybridized carbons (Fsp3) is 0.682. The number of hydrogen-bond acceptors (Lipinski definition) is 6. The summed E-state index contributed by atoms with van der Waals surface area (Å²) in [5, 5.41) is 9.59. The molecular weight excluding hydrogens is 388 g/mol. The van der Waals surface area contributed by atoms with Crippen LogP contribution in [-0.2, 0) is 23.9 Å². The lowest BCUT2D eigenvalue weighted by molar-refractivity contribution is -0.158. The maximum absolute atomic E-state index is 13.6. The number of likely N-dealkylation sites (tertiary alicyclic amines) is 1. The first-order valence-corrected chi connectivity index (χ1v) is 10.8. The Morgan fingerprint density at radius 1 is 1.23 bits per heavy atom. The Morgan fingerprint density at radius 3 is 2.70 bits per heavy atom. The molecule has 8 heteroatoms. The van der Waals surface area contributed by atoms with Gasteiger partial charge in [0.15, 0.2) is 0 Å². The van der Waals surface area contributed by atoms with Crippen LogP contribution < -0.4 is 0 Å². The molecule has 1 N–H and O–H groups in total. The Labute approximate surface area is 176 Å². The molecule has 30 heavy (non-hydrogen) atoms. The SMILES string of the molecule is CC1CC/C=C\[C@H]2OC34C=CCN(C(C)C)C(=O)[C@H]3N(CCO)C(=O)[C@@H]4C2C(=O)O1. The highest BCUT2D eigenvalue weighted by Gasteiger charge is 2.71. The van der Waals surface area contributed by atoms with Crippen molar-refractivity contribution >= 4 is 17.8 Å². The van der Waals surface area contributed by atoms with E-state index in [-0.39, 0.29) is 37.1 Å². The maximum Gasteiger partial charge on any atom is 0.313 e. The molecule has 0 aromatic rings. The Morgan fingerprint density at radius 2 is 2.00 bits per heavy atom. The number of nitrogens with zero attached hydrogens (tertiary/aromatic N) is 2. The molecule has 0 bridgehead atoms. The number of carbonyl (C=O) groups excluding carboxylic acids is 3. The number of ether oxygens (including phenoxy) is 2. The van der Waals surface area contributed by atoms with Gasteiger partial charge in [-0.15, -0.1) is 0 Å². The van der Waals surface area contributed by atoms with Crippen molar-refractivity contribution in [1.82, 2.24) is 9.80 Å². The van der Waals surface area contributed by atoms with Gasteiger partial charge >= 0.3 is 5.97 Å². The number of cyclic esters (lactones) is 1. The molecule has 2 fully saturated rings. The zero-order valence-electron chi connectivity index (χ0n) is 17.7. The predicted octanol–water partition coefficient (Wildman–Crippen LogP) is 0.648.